The van der Waals surface area contributed by atoms with E-state index in [9.17, 15) is 4.79 Å². The van der Waals surface area contributed by atoms with E-state index < -0.39 is 0 Å². The van der Waals surface area contributed by atoms with Crippen molar-refractivity contribution in [1.82, 2.24) is 10.3 Å². The summed E-state index contributed by atoms with van der Waals surface area (Å²) in [5, 5.41) is 3.41. The second-order valence-electron chi connectivity index (χ2n) is 4.25. The summed E-state index contributed by atoms with van der Waals surface area (Å²) in [6, 6.07) is 3.32. The molecule has 0 aliphatic heterocycles. The van der Waals surface area contributed by atoms with Gasteiger partial charge in [-0.15, -0.1) is 0 Å². The first-order valence-corrected chi connectivity index (χ1v) is 5.94. The number of rotatable bonds is 2. The zero-order valence-electron chi connectivity index (χ0n) is 8.84. The first kappa shape index (κ1) is 11.7. The van der Waals surface area contributed by atoms with Crippen LogP contribution in [-0.2, 0) is 0 Å². The molecule has 1 aliphatic carbocycles. The van der Waals surface area contributed by atoms with Gasteiger partial charge in [0.25, 0.3) is 5.91 Å². The Hall–Kier alpha value is -0.800. The van der Waals surface area contributed by atoms with Crippen LogP contribution >= 0.6 is 23.2 Å². The molecule has 3 nitrogen and oxygen atoms in total. The lowest BCUT2D eigenvalue weighted by Gasteiger charge is -2.33. The third-order valence-electron chi connectivity index (χ3n) is 2.73. The average molecular weight is 259 g/mol. The first-order chi connectivity index (χ1) is 7.54. The van der Waals surface area contributed by atoms with E-state index in [1.165, 1.54) is 12.1 Å². The quantitative estimate of drug-likeness (QED) is 0.830. The van der Waals surface area contributed by atoms with Crippen molar-refractivity contribution in [3.63, 3.8) is 0 Å². The Morgan fingerprint density at radius 1 is 1.38 bits per heavy atom. The summed E-state index contributed by atoms with van der Waals surface area (Å²) in [5.74, 6) is 0.568. The summed E-state index contributed by atoms with van der Waals surface area (Å²) in [4.78, 5) is 15.6. The van der Waals surface area contributed by atoms with Crippen molar-refractivity contribution < 1.29 is 4.79 Å². The fourth-order valence-corrected chi connectivity index (χ4v) is 2.35. The van der Waals surface area contributed by atoms with Gasteiger partial charge in [-0.1, -0.05) is 30.1 Å². The third-order valence-corrected chi connectivity index (χ3v) is 3.12. The third kappa shape index (κ3) is 2.66. The van der Waals surface area contributed by atoms with Crippen LogP contribution in [0, 0.1) is 5.92 Å². The molecule has 2 rings (SSSR count). The van der Waals surface area contributed by atoms with Crippen LogP contribution in [0.5, 0.6) is 0 Å². The average Bonchev–Trinajstić information content (AvgIpc) is 2.13. The van der Waals surface area contributed by atoms with E-state index in [2.05, 4.69) is 17.2 Å². The lowest BCUT2D eigenvalue weighted by Crippen LogP contribution is -2.43. The summed E-state index contributed by atoms with van der Waals surface area (Å²) < 4.78 is 0. The maximum atomic E-state index is 11.8. The molecule has 1 heterocycles. The Balaban J connectivity index is 2.03. The van der Waals surface area contributed by atoms with Crippen molar-refractivity contribution in [2.24, 2.45) is 5.92 Å². The minimum atomic E-state index is -0.136. The predicted molar refractivity (Wildman–Crippen MR) is 63.9 cm³/mol. The molecule has 0 bridgehead atoms. The first-order valence-electron chi connectivity index (χ1n) is 5.18. The van der Waals surface area contributed by atoms with Gasteiger partial charge in [-0.2, -0.15) is 0 Å². The standard InChI is InChI=1S/C11H12Cl2N2O/c1-6-2-8(3-6)14-11(16)7-4-9(12)15-10(13)5-7/h4-6,8H,2-3H2,1H3,(H,14,16). The number of halogens is 2. The van der Waals surface area contributed by atoms with Crippen LogP contribution in [0.3, 0.4) is 0 Å². The van der Waals surface area contributed by atoms with E-state index in [1.54, 1.807) is 0 Å². The van der Waals surface area contributed by atoms with Gasteiger partial charge in [0.05, 0.1) is 0 Å². The van der Waals surface area contributed by atoms with Gasteiger partial charge >= 0.3 is 0 Å². The molecule has 1 aromatic rings. The number of nitrogens with one attached hydrogen (secondary N) is 1. The molecular weight excluding hydrogens is 247 g/mol. The molecule has 0 atom stereocenters. The zero-order chi connectivity index (χ0) is 11.7. The number of carbonyl (C=O) groups excluding carboxylic acids is 1. The molecule has 86 valence electrons. The van der Waals surface area contributed by atoms with Crippen molar-refractivity contribution in [3.05, 3.63) is 28.0 Å². The van der Waals surface area contributed by atoms with E-state index >= 15 is 0 Å². The fraction of sp³-hybridized carbons (Fsp3) is 0.455. The molecule has 0 spiro atoms. The van der Waals surface area contributed by atoms with Crippen LogP contribution < -0.4 is 5.32 Å². The molecule has 16 heavy (non-hydrogen) atoms. The topological polar surface area (TPSA) is 42.0 Å². The van der Waals surface area contributed by atoms with Crippen LogP contribution in [-0.4, -0.2) is 16.9 Å². The van der Waals surface area contributed by atoms with E-state index in [1.807, 2.05) is 0 Å². The summed E-state index contributed by atoms with van der Waals surface area (Å²) in [6.07, 6.45) is 2.08. The fourth-order valence-electron chi connectivity index (χ4n) is 1.88. The highest BCUT2D eigenvalue weighted by Gasteiger charge is 2.26. The van der Waals surface area contributed by atoms with Crippen LogP contribution in [0.4, 0.5) is 0 Å². The number of hydrogen-bond acceptors (Lipinski definition) is 2. The minimum Gasteiger partial charge on any atom is -0.349 e. The molecule has 1 fully saturated rings. The van der Waals surface area contributed by atoms with Gasteiger partial charge in [-0.3, -0.25) is 4.79 Å². The van der Waals surface area contributed by atoms with E-state index in [-0.39, 0.29) is 22.3 Å². The Labute approximate surface area is 104 Å². The Kier molecular flexibility index (Phi) is 3.36. The van der Waals surface area contributed by atoms with Gasteiger partial charge in [-0.25, -0.2) is 4.98 Å². The van der Waals surface area contributed by atoms with E-state index in [4.69, 9.17) is 23.2 Å². The van der Waals surface area contributed by atoms with Gasteiger partial charge < -0.3 is 5.32 Å². The van der Waals surface area contributed by atoms with Gasteiger partial charge in [0.15, 0.2) is 0 Å². The molecule has 1 amide bonds. The molecule has 5 heteroatoms. The summed E-state index contributed by atoms with van der Waals surface area (Å²) >= 11 is 11.5. The monoisotopic (exact) mass is 258 g/mol. The van der Waals surface area contributed by atoms with Gasteiger partial charge in [0.2, 0.25) is 0 Å². The zero-order valence-corrected chi connectivity index (χ0v) is 10.3. The largest absolute Gasteiger partial charge is 0.349 e. The Morgan fingerprint density at radius 3 is 2.44 bits per heavy atom. The van der Waals surface area contributed by atoms with E-state index in [0.717, 1.165) is 12.8 Å². The molecule has 1 aliphatic rings. The number of carbonyl (C=O) groups is 1. The molecule has 0 unspecified atom stereocenters. The van der Waals surface area contributed by atoms with Gasteiger partial charge in [-0.05, 0) is 30.9 Å². The Bertz CT molecular complexity index is 396. The molecule has 1 aromatic heterocycles. The number of nitrogens with zero attached hydrogens (tertiary/aromatic N) is 1. The lowest BCUT2D eigenvalue weighted by molar-refractivity contribution is 0.0896. The second-order valence-corrected chi connectivity index (χ2v) is 5.02. The molecular formula is C11H12Cl2N2O. The van der Waals surface area contributed by atoms with Crippen molar-refractivity contribution in [2.75, 3.05) is 0 Å². The van der Waals surface area contributed by atoms with Gasteiger partial charge in [0, 0.05) is 11.6 Å². The number of aromatic nitrogens is 1. The van der Waals surface area contributed by atoms with Crippen LogP contribution in [0.1, 0.15) is 30.1 Å². The van der Waals surface area contributed by atoms with E-state index in [0.29, 0.717) is 11.5 Å². The summed E-state index contributed by atoms with van der Waals surface area (Å²) in [6.45, 7) is 2.17. The smallest absolute Gasteiger partial charge is 0.251 e. The minimum absolute atomic E-state index is 0.136. The molecule has 1 saturated carbocycles. The highest BCUT2D eigenvalue weighted by molar-refractivity contribution is 6.33. The van der Waals surface area contributed by atoms with Gasteiger partial charge in [0.1, 0.15) is 10.3 Å². The summed E-state index contributed by atoms with van der Waals surface area (Å²) in [5.41, 5.74) is 0.463. The molecule has 0 aromatic carbocycles. The maximum absolute atomic E-state index is 11.8. The highest BCUT2D eigenvalue weighted by atomic mass is 35.5. The lowest BCUT2D eigenvalue weighted by atomic mass is 9.82. The van der Waals surface area contributed by atoms with Crippen LogP contribution in [0.2, 0.25) is 10.3 Å². The maximum Gasteiger partial charge on any atom is 0.251 e. The van der Waals surface area contributed by atoms with Crippen molar-refractivity contribution in [3.8, 4) is 0 Å². The number of pyridine rings is 1. The highest BCUT2D eigenvalue weighted by Crippen LogP contribution is 2.26. The van der Waals surface area contributed by atoms with Crippen LogP contribution in [0.25, 0.3) is 0 Å². The van der Waals surface area contributed by atoms with Crippen LogP contribution in [0.15, 0.2) is 12.1 Å². The Morgan fingerprint density at radius 2 is 1.94 bits per heavy atom. The molecule has 0 saturated heterocycles. The van der Waals surface area contributed by atoms with Crippen molar-refractivity contribution in [1.29, 1.82) is 0 Å². The normalized spacial score (nSPS) is 23.7. The number of amides is 1. The van der Waals surface area contributed by atoms with Crippen molar-refractivity contribution >= 4 is 29.1 Å². The second kappa shape index (κ2) is 4.60. The summed E-state index contributed by atoms with van der Waals surface area (Å²) in [7, 11) is 0. The van der Waals surface area contributed by atoms with Crippen molar-refractivity contribution in [2.45, 2.75) is 25.8 Å². The predicted octanol–water partition coefficient (Wildman–Crippen LogP) is 2.92. The molecule has 1 N–H and O–H groups in total. The number of hydrogen-bond donors (Lipinski definition) is 1. The SMILES string of the molecule is CC1CC(NC(=O)c2cc(Cl)nc(Cl)c2)C1. The molecule has 0 radical (unpaired) electrons.